The van der Waals surface area contributed by atoms with Crippen molar-refractivity contribution in [1.29, 1.82) is 0 Å². The quantitative estimate of drug-likeness (QED) is 0.399. The minimum atomic E-state index is -1.51. The largest absolute Gasteiger partial charge is 0.513 e. The minimum Gasteiger partial charge on any atom is -0.481 e. The summed E-state index contributed by atoms with van der Waals surface area (Å²) in [5.41, 5.74) is 0. The first-order chi connectivity index (χ1) is 3.66. The fraction of sp³-hybridized carbons (Fsp3) is 0.250. The molecule has 2 N–H and O–H groups in total. The molecule has 0 aliphatic rings. The first kappa shape index (κ1) is 6.81. The SMILES string of the molecule is C/C=C(\O)OC(=O)O. The number of aliphatic hydroxyl groups is 1. The van der Waals surface area contributed by atoms with Crippen molar-refractivity contribution in [3.05, 3.63) is 12.0 Å². The van der Waals surface area contributed by atoms with Crippen molar-refractivity contribution in [2.75, 3.05) is 0 Å². The fourth-order valence-corrected chi connectivity index (χ4v) is 0.148. The minimum absolute atomic E-state index is 0.600. The maximum absolute atomic E-state index is 9.55. The van der Waals surface area contributed by atoms with Gasteiger partial charge in [-0.3, -0.25) is 0 Å². The molecule has 0 bridgehead atoms. The standard InChI is InChI=1S/C4H6O4/c1-2-3(5)8-4(6)7/h2,5H,1H3,(H,6,7)/b3-2+. The molecule has 0 aliphatic carbocycles. The van der Waals surface area contributed by atoms with Crippen LogP contribution in [0.5, 0.6) is 0 Å². The topological polar surface area (TPSA) is 66.8 Å². The van der Waals surface area contributed by atoms with Crippen LogP contribution in [0.3, 0.4) is 0 Å². The summed E-state index contributed by atoms with van der Waals surface area (Å²) in [7, 11) is 0. The van der Waals surface area contributed by atoms with Crippen molar-refractivity contribution in [1.82, 2.24) is 0 Å². The van der Waals surface area contributed by atoms with Crippen molar-refractivity contribution < 1.29 is 19.7 Å². The lowest BCUT2D eigenvalue weighted by Crippen LogP contribution is -1.98. The highest BCUT2D eigenvalue weighted by Crippen LogP contribution is 1.88. The van der Waals surface area contributed by atoms with Gasteiger partial charge in [-0.2, -0.15) is 0 Å². The van der Waals surface area contributed by atoms with Crippen LogP contribution in [-0.4, -0.2) is 16.4 Å². The summed E-state index contributed by atoms with van der Waals surface area (Å²) in [5.74, 6) is -0.600. The van der Waals surface area contributed by atoms with Crippen LogP contribution in [0.2, 0.25) is 0 Å². The van der Waals surface area contributed by atoms with Gasteiger partial charge in [-0.25, -0.2) is 4.79 Å². The van der Waals surface area contributed by atoms with Crippen molar-refractivity contribution >= 4 is 6.16 Å². The molecule has 8 heavy (non-hydrogen) atoms. The highest BCUT2D eigenvalue weighted by Gasteiger charge is 1.96. The van der Waals surface area contributed by atoms with Gasteiger partial charge in [0.25, 0.3) is 5.95 Å². The summed E-state index contributed by atoms with van der Waals surface area (Å²) in [6.45, 7) is 1.46. The van der Waals surface area contributed by atoms with E-state index < -0.39 is 12.1 Å². The maximum atomic E-state index is 9.55. The van der Waals surface area contributed by atoms with Crippen LogP contribution < -0.4 is 0 Å². The zero-order valence-corrected chi connectivity index (χ0v) is 4.29. The van der Waals surface area contributed by atoms with Gasteiger partial charge in [0, 0.05) is 0 Å². The van der Waals surface area contributed by atoms with Gasteiger partial charge < -0.3 is 14.9 Å². The van der Waals surface area contributed by atoms with Crippen LogP contribution in [0.1, 0.15) is 6.92 Å². The van der Waals surface area contributed by atoms with E-state index in [4.69, 9.17) is 10.2 Å². The molecule has 0 radical (unpaired) electrons. The highest BCUT2D eigenvalue weighted by molar-refractivity contribution is 5.57. The average Bonchev–Trinajstić information content (AvgIpc) is 1.65. The molecule has 0 spiro atoms. The zero-order chi connectivity index (χ0) is 6.57. The Labute approximate surface area is 46.0 Å². The van der Waals surface area contributed by atoms with E-state index in [0.29, 0.717) is 0 Å². The van der Waals surface area contributed by atoms with Gasteiger partial charge in [0.15, 0.2) is 0 Å². The number of hydrogen-bond donors (Lipinski definition) is 2. The van der Waals surface area contributed by atoms with E-state index in [1.165, 1.54) is 6.92 Å². The van der Waals surface area contributed by atoms with Crippen LogP contribution >= 0.6 is 0 Å². The summed E-state index contributed by atoms with van der Waals surface area (Å²) >= 11 is 0. The van der Waals surface area contributed by atoms with Crippen molar-refractivity contribution in [2.45, 2.75) is 6.92 Å². The van der Waals surface area contributed by atoms with Crippen LogP contribution in [0.15, 0.2) is 12.0 Å². The lowest BCUT2D eigenvalue weighted by atomic mass is 10.7. The van der Waals surface area contributed by atoms with Crippen molar-refractivity contribution in [3.8, 4) is 0 Å². The van der Waals surface area contributed by atoms with Crippen LogP contribution in [0.25, 0.3) is 0 Å². The smallest absolute Gasteiger partial charge is 0.481 e. The summed E-state index contributed by atoms with van der Waals surface area (Å²) in [6.07, 6.45) is -0.380. The normalized spacial score (nSPS) is 10.9. The zero-order valence-electron chi connectivity index (χ0n) is 4.29. The molecule has 0 aromatic heterocycles. The van der Waals surface area contributed by atoms with Crippen LogP contribution in [0, 0.1) is 0 Å². The Kier molecular flexibility index (Phi) is 2.47. The molecule has 0 atom stereocenters. The van der Waals surface area contributed by atoms with E-state index in [9.17, 15) is 4.79 Å². The van der Waals surface area contributed by atoms with Crippen LogP contribution in [0.4, 0.5) is 4.79 Å². The van der Waals surface area contributed by atoms with Gasteiger partial charge in [0.2, 0.25) is 0 Å². The summed E-state index contributed by atoms with van der Waals surface area (Å²) in [6, 6.07) is 0. The fourth-order valence-electron chi connectivity index (χ4n) is 0.148. The highest BCUT2D eigenvalue weighted by atomic mass is 16.7. The molecule has 0 saturated heterocycles. The van der Waals surface area contributed by atoms with Gasteiger partial charge in [0.1, 0.15) is 0 Å². The summed E-state index contributed by atoms with van der Waals surface area (Å²) in [5, 5.41) is 16.1. The second kappa shape index (κ2) is 2.90. The average molecular weight is 118 g/mol. The van der Waals surface area contributed by atoms with E-state index in [1.807, 2.05) is 0 Å². The molecule has 4 heteroatoms. The molecule has 46 valence electrons. The third-order valence-corrected chi connectivity index (χ3v) is 0.439. The molecule has 0 aromatic carbocycles. The maximum Gasteiger partial charge on any atom is 0.513 e. The second-order valence-electron chi connectivity index (χ2n) is 0.995. The number of aliphatic hydroxyl groups excluding tert-OH is 1. The molecule has 0 heterocycles. The first-order valence-corrected chi connectivity index (χ1v) is 1.93. The number of ether oxygens (including phenoxy) is 1. The molecule has 0 aliphatic heterocycles. The Morgan fingerprint density at radius 3 is 2.25 bits per heavy atom. The number of hydrogen-bond acceptors (Lipinski definition) is 3. The van der Waals surface area contributed by atoms with Gasteiger partial charge >= 0.3 is 6.16 Å². The predicted molar refractivity (Wildman–Crippen MR) is 25.5 cm³/mol. The molecule has 0 rings (SSSR count). The molecule has 0 saturated carbocycles. The lowest BCUT2D eigenvalue weighted by Gasteiger charge is -1.92. The van der Waals surface area contributed by atoms with Gasteiger partial charge in [-0.1, -0.05) is 0 Å². The number of rotatable bonds is 1. The molecular formula is C4H6O4. The summed E-state index contributed by atoms with van der Waals surface area (Å²) < 4.78 is 3.73. The molecule has 0 amide bonds. The van der Waals surface area contributed by atoms with E-state index in [-0.39, 0.29) is 0 Å². The number of allylic oxidation sites excluding steroid dienone is 1. The Morgan fingerprint density at radius 1 is 1.62 bits per heavy atom. The van der Waals surface area contributed by atoms with E-state index in [2.05, 4.69) is 4.74 Å². The third kappa shape index (κ3) is 3.02. The van der Waals surface area contributed by atoms with Gasteiger partial charge in [-0.05, 0) is 13.0 Å². The Morgan fingerprint density at radius 2 is 2.12 bits per heavy atom. The molecule has 0 fully saturated rings. The Balaban J connectivity index is 3.56. The first-order valence-electron chi connectivity index (χ1n) is 1.93. The van der Waals surface area contributed by atoms with Crippen LogP contribution in [-0.2, 0) is 4.74 Å². The second-order valence-corrected chi connectivity index (χ2v) is 0.995. The molecule has 0 aromatic rings. The van der Waals surface area contributed by atoms with E-state index >= 15 is 0 Å². The number of carbonyl (C=O) groups is 1. The predicted octanol–water partition coefficient (Wildman–Crippen LogP) is 1.10. The molecular weight excluding hydrogens is 112 g/mol. The molecule has 4 nitrogen and oxygen atoms in total. The monoisotopic (exact) mass is 118 g/mol. The van der Waals surface area contributed by atoms with Crippen molar-refractivity contribution in [3.63, 3.8) is 0 Å². The Hall–Kier alpha value is -1.19. The lowest BCUT2D eigenvalue weighted by molar-refractivity contribution is 0.0756. The van der Waals surface area contributed by atoms with Gasteiger partial charge in [0.05, 0.1) is 0 Å². The summed E-state index contributed by atoms with van der Waals surface area (Å²) in [4.78, 5) is 9.55. The molecule has 0 unspecified atom stereocenters. The van der Waals surface area contributed by atoms with Crippen molar-refractivity contribution in [2.24, 2.45) is 0 Å². The Bertz CT molecular complexity index is 115. The number of carboxylic acid groups (broad SMARTS) is 1. The third-order valence-electron chi connectivity index (χ3n) is 0.439. The van der Waals surface area contributed by atoms with E-state index in [1.54, 1.807) is 0 Å². The van der Waals surface area contributed by atoms with Gasteiger partial charge in [-0.15, -0.1) is 0 Å². The van der Waals surface area contributed by atoms with E-state index in [0.717, 1.165) is 6.08 Å².